The molecule has 0 atom stereocenters. The van der Waals surface area contributed by atoms with Gasteiger partial charge in [0.2, 0.25) is 0 Å². The third-order valence-electron chi connectivity index (χ3n) is 3.65. The van der Waals surface area contributed by atoms with Gasteiger partial charge in [0.15, 0.2) is 12.2 Å². The highest BCUT2D eigenvalue weighted by atomic mass is 35.5. The van der Waals surface area contributed by atoms with Crippen LogP contribution in [0.4, 0.5) is 5.69 Å². The van der Waals surface area contributed by atoms with Crippen molar-refractivity contribution >= 4 is 52.0 Å². The number of oxazole rings is 1. The maximum atomic E-state index is 12.0. The molecular weight excluding hydrogens is 388 g/mol. The Labute approximate surface area is 165 Å². The van der Waals surface area contributed by atoms with Crippen LogP contribution in [0.5, 0.6) is 0 Å². The molecule has 27 heavy (non-hydrogen) atoms. The first-order chi connectivity index (χ1) is 12.9. The number of amides is 1. The second kappa shape index (κ2) is 8.45. The van der Waals surface area contributed by atoms with Gasteiger partial charge in [0.25, 0.3) is 11.1 Å². The van der Waals surface area contributed by atoms with E-state index in [0.717, 1.165) is 28.4 Å². The van der Waals surface area contributed by atoms with Crippen molar-refractivity contribution in [3.05, 3.63) is 52.5 Å². The van der Waals surface area contributed by atoms with Crippen molar-refractivity contribution in [2.45, 2.75) is 19.1 Å². The van der Waals surface area contributed by atoms with Gasteiger partial charge in [0, 0.05) is 0 Å². The van der Waals surface area contributed by atoms with Crippen LogP contribution < -0.4 is 5.32 Å². The monoisotopic (exact) mass is 404 g/mol. The summed E-state index contributed by atoms with van der Waals surface area (Å²) in [6.07, 6.45) is 0. The summed E-state index contributed by atoms with van der Waals surface area (Å²) in [6.45, 7) is 3.37. The van der Waals surface area contributed by atoms with Gasteiger partial charge in [0.1, 0.15) is 11.3 Å². The molecule has 6 nitrogen and oxygen atoms in total. The highest BCUT2D eigenvalue weighted by molar-refractivity contribution is 7.99. The zero-order valence-electron chi connectivity index (χ0n) is 14.7. The lowest BCUT2D eigenvalue weighted by atomic mass is 10.1. The summed E-state index contributed by atoms with van der Waals surface area (Å²) in [5, 5.41) is 3.48. The van der Waals surface area contributed by atoms with Crippen LogP contribution in [0.3, 0.4) is 0 Å². The van der Waals surface area contributed by atoms with Gasteiger partial charge >= 0.3 is 5.97 Å². The van der Waals surface area contributed by atoms with Crippen molar-refractivity contribution in [3.63, 3.8) is 0 Å². The van der Waals surface area contributed by atoms with E-state index in [1.165, 1.54) is 0 Å². The fraction of sp³-hybridized carbons (Fsp3) is 0.211. The number of hydrogen-bond donors (Lipinski definition) is 1. The molecule has 8 heteroatoms. The smallest absolute Gasteiger partial charge is 0.316 e. The molecule has 0 fully saturated rings. The number of thioether (sulfide) groups is 1. The van der Waals surface area contributed by atoms with E-state index >= 15 is 0 Å². The molecule has 1 N–H and O–H groups in total. The van der Waals surface area contributed by atoms with Gasteiger partial charge in [-0.05, 0) is 43.2 Å². The van der Waals surface area contributed by atoms with Crippen LogP contribution in [0.1, 0.15) is 11.1 Å². The Morgan fingerprint density at radius 2 is 2.04 bits per heavy atom. The lowest BCUT2D eigenvalue weighted by Crippen LogP contribution is -2.22. The van der Waals surface area contributed by atoms with Gasteiger partial charge in [-0.2, -0.15) is 0 Å². The first-order valence-corrected chi connectivity index (χ1v) is 9.49. The van der Waals surface area contributed by atoms with Crippen LogP contribution in [0, 0.1) is 13.8 Å². The number of fused-ring (bicyclic) bond motifs is 1. The zero-order chi connectivity index (χ0) is 19.4. The molecule has 0 spiro atoms. The van der Waals surface area contributed by atoms with E-state index in [9.17, 15) is 9.59 Å². The molecule has 2 aromatic carbocycles. The molecule has 0 saturated carbocycles. The Balaban J connectivity index is 1.48. The van der Waals surface area contributed by atoms with Crippen molar-refractivity contribution in [2.24, 2.45) is 0 Å². The van der Waals surface area contributed by atoms with E-state index in [1.807, 2.05) is 38.1 Å². The van der Waals surface area contributed by atoms with Crippen LogP contribution in [0.2, 0.25) is 5.02 Å². The number of aromatic nitrogens is 1. The van der Waals surface area contributed by atoms with E-state index in [4.69, 9.17) is 20.8 Å². The molecule has 0 unspecified atom stereocenters. The molecule has 0 saturated heterocycles. The first-order valence-electron chi connectivity index (χ1n) is 8.13. The standard InChI is InChI=1S/C19H17ClN2O4S/c1-11-7-12(2)18(13(20)8-11)22-16(23)9-25-17(24)10-27-19-21-14-5-3-4-6-15(14)26-19/h3-8H,9-10H2,1-2H3,(H,22,23). The quantitative estimate of drug-likeness (QED) is 0.485. The maximum Gasteiger partial charge on any atom is 0.316 e. The number of ether oxygens (including phenoxy) is 1. The van der Waals surface area contributed by atoms with Crippen LogP contribution in [-0.2, 0) is 14.3 Å². The highest BCUT2D eigenvalue weighted by Gasteiger charge is 2.14. The summed E-state index contributed by atoms with van der Waals surface area (Å²) in [6, 6.07) is 11.0. The summed E-state index contributed by atoms with van der Waals surface area (Å²) in [5.41, 5.74) is 3.73. The molecule has 1 aromatic heterocycles. The predicted octanol–water partition coefficient (Wildman–Crippen LogP) is 4.37. The van der Waals surface area contributed by atoms with Gasteiger partial charge < -0.3 is 14.5 Å². The van der Waals surface area contributed by atoms with E-state index in [-0.39, 0.29) is 5.75 Å². The topological polar surface area (TPSA) is 81.4 Å². The molecule has 0 bridgehead atoms. The number of nitrogens with one attached hydrogen (secondary N) is 1. The minimum absolute atomic E-state index is 0.00951. The lowest BCUT2D eigenvalue weighted by molar-refractivity contribution is -0.144. The summed E-state index contributed by atoms with van der Waals surface area (Å²) < 4.78 is 10.5. The van der Waals surface area contributed by atoms with E-state index < -0.39 is 18.5 Å². The molecule has 0 radical (unpaired) electrons. The van der Waals surface area contributed by atoms with Crippen LogP contribution in [0.15, 0.2) is 46.0 Å². The summed E-state index contributed by atoms with van der Waals surface area (Å²) in [5.74, 6) is -1.00. The number of benzene rings is 2. The number of carbonyl (C=O) groups is 2. The maximum absolute atomic E-state index is 12.0. The number of nitrogens with zero attached hydrogens (tertiary/aromatic N) is 1. The number of esters is 1. The van der Waals surface area contributed by atoms with Crippen molar-refractivity contribution < 1.29 is 18.7 Å². The Morgan fingerprint density at radius 3 is 2.78 bits per heavy atom. The third kappa shape index (κ3) is 5.02. The largest absolute Gasteiger partial charge is 0.455 e. The van der Waals surface area contributed by atoms with Crippen LogP contribution in [0.25, 0.3) is 11.1 Å². The SMILES string of the molecule is Cc1cc(C)c(NC(=O)COC(=O)CSc2nc3ccccc3o2)c(Cl)c1. The number of anilines is 1. The number of para-hydroxylation sites is 2. The summed E-state index contributed by atoms with van der Waals surface area (Å²) in [7, 11) is 0. The highest BCUT2D eigenvalue weighted by Crippen LogP contribution is 2.27. The van der Waals surface area contributed by atoms with Gasteiger partial charge in [-0.3, -0.25) is 9.59 Å². The summed E-state index contributed by atoms with van der Waals surface area (Å²) >= 11 is 7.26. The fourth-order valence-electron chi connectivity index (χ4n) is 2.47. The number of rotatable bonds is 6. The zero-order valence-corrected chi connectivity index (χ0v) is 16.3. The Kier molecular flexibility index (Phi) is 6.03. The Bertz CT molecular complexity index is 946. The average Bonchev–Trinajstić information content (AvgIpc) is 3.04. The van der Waals surface area contributed by atoms with Crippen molar-refractivity contribution in [1.82, 2.24) is 4.98 Å². The van der Waals surface area contributed by atoms with E-state index in [0.29, 0.717) is 21.5 Å². The molecule has 0 aliphatic rings. The van der Waals surface area contributed by atoms with Gasteiger partial charge in [-0.1, -0.05) is 41.6 Å². The van der Waals surface area contributed by atoms with Gasteiger partial charge in [0.05, 0.1) is 10.7 Å². The van der Waals surface area contributed by atoms with Gasteiger partial charge in [-0.15, -0.1) is 0 Å². The van der Waals surface area contributed by atoms with Crippen molar-refractivity contribution in [1.29, 1.82) is 0 Å². The Morgan fingerprint density at radius 1 is 1.26 bits per heavy atom. The summed E-state index contributed by atoms with van der Waals surface area (Å²) in [4.78, 5) is 28.1. The van der Waals surface area contributed by atoms with Gasteiger partial charge in [-0.25, -0.2) is 4.98 Å². The molecule has 140 valence electrons. The second-order valence-electron chi connectivity index (χ2n) is 5.88. The lowest BCUT2D eigenvalue weighted by Gasteiger charge is -2.11. The number of hydrogen-bond acceptors (Lipinski definition) is 6. The molecule has 3 aromatic rings. The van der Waals surface area contributed by atoms with Crippen LogP contribution in [-0.4, -0.2) is 29.2 Å². The second-order valence-corrected chi connectivity index (χ2v) is 7.22. The number of carbonyl (C=O) groups excluding carboxylic acids is 2. The predicted molar refractivity (Wildman–Crippen MR) is 105 cm³/mol. The van der Waals surface area contributed by atoms with Crippen LogP contribution >= 0.6 is 23.4 Å². The normalized spacial score (nSPS) is 10.8. The molecular formula is C19H17ClN2O4S. The van der Waals surface area contributed by atoms with E-state index in [1.54, 1.807) is 12.1 Å². The molecule has 0 aliphatic carbocycles. The number of aryl methyl sites for hydroxylation is 2. The molecule has 1 heterocycles. The van der Waals surface area contributed by atoms with Crippen molar-refractivity contribution in [2.75, 3.05) is 17.7 Å². The third-order valence-corrected chi connectivity index (χ3v) is 4.75. The number of halogens is 1. The first kappa shape index (κ1) is 19.3. The average molecular weight is 405 g/mol. The Hall–Kier alpha value is -2.51. The molecule has 0 aliphatic heterocycles. The van der Waals surface area contributed by atoms with E-state index in [2.05, 4.69) is 10.3 Å². The minimum atomic E-state index is -0.538. The molecule has 1 amide bonds. The minimum Gasteiger partial charge on any atom is -0.455 e. The fourth-order valence-corrected chi connectivity index (χ4v) is 3.48. The molecule has 3 rings (SSSR count). The van der Waals surface area contributed by atoms with Crippen molar-refractivity contribution in [3.8, 4) is 0 Å².